The van der Waals surface area contributed by atoms with Gasteiger partial charge in [0.15, 0.2) is 0 Å². The highest BCUT2D eigenvalue weighted by atomic mass is 35.5. The van der Waals surface area contributed by atoms with Crippen molar-refractivity contribution in [2.24, 2.45) is 0 Å². The van der Waals surface area contributed by atoms with Crippen molar-refractivity contribution < 1.29 is 13.2 Å². The number of carbonyl (C=O) groups is 1. The number of hydrogen-bond donors (Lipinski definition) is 2. The Morgan fingerprint density at radius 1 is 1.04 bits per heavy atom. The van der Waals surface area contributed by atoms with Crippen molar-refractivity contribution >= 4 is 39.0 Å². The Bertz CT molecular complexity index is 834. The van der Waals surface area contributed by atoms with Gasteiger partial charge in [0.2, 0.25) is 0 Å². The predicted octanol–water partition coefficient (Wildman–Crippen LogP) is 4.01. The molecule has 0 aliphatic rings. The van der Waals surface area contributed by atoms with Crippen LogP contribution in [0.4, 0.5) is 16.2 Å². The Kier molecular flexibility index (Phi) is 6.27. The number of carbonyl (C=O) groups excluding carboxylic acids is 1. The molecule has 0 unspecified atom stereocenters. The number of halogens is 1. The van der Waals surface area contributed by atoms with Crippen LogP contribution in [0.15, 0.2) is 53.4 Å². The van der Waals surface area contributed by atoms with E-state index in [0.29, 0.717) is 29.5 Å². The summed E-state index contributed by atoms with van der Waals surface area (Å²) in [6.45, 7) is 4.96. The molecule has 0 bridgehead atoms. The zero-order valence-corrected chi connectivity index (χ0v) is 15.6. The van der Waals surface area contributed by atoms with Gasteiger partial charge in [0.1, 0.15) is 0 Å². The van der Waals surface area contributed by atoms with E-state index in [1.807, 2.05) is 13.8 Å². The molecule has 0 fully saturated rings. The molecule has 0 radical (unpaired) electrons. The second kappa shape index (κ2) is 8.22. The van der Waals surface area contributed by atoms with Gasteiger partial charge in [-0.2, -0.15) is 0 Å². The van der Waals surface area contributed by atoms with E-state index in [4.69, 9.17) is 11.6 Å². The van der Waals surface area contributed by atoms with Gasteiger partial charge in [0.25, 0.3) is 10.0 Å². The molecule has 6 nitrogen and oxygen atoms in total. The van der Waals surface area contributed by atoms with Crippen LogP contribution in [-0.4, -0.2) is 32.4 Å². The van der Waals surface area contributed by atoms with Crippen LogP contribution in [0, 0.1) is 0 Å². The predicted molar refractivity (Wildman–Crippen MR) is 101 cm³/mol. The molecule has 0 atom stereocenters. The van der Waals surface area contributed by atoms with Crippen LogP contribution in [-0.2, 0) is 10.0 Å². The number of benzene rings is 2. The van der Waals surface area contributed by atoms with Gasteiger partial charge in [-0.3, -0.25) is 4.72 Å². The number of rotatable bonds is 6. The smallest absolute Gasteiger partial charge is 0.321 e. The fourth-order valence-electron chi connectivity index (χ4n) is 2.18. The minimum atomic E-state index is -3.76. The quantitative estimate of drug-likeness (QED) is 0.793. The summed E-state index contributed by atoms with van der Waals surface area (Å²) in [6.07, 6.45) is 0. The minimum Gasteiger partial charge on any atom is -0.325 e. The van der Waals surface area contributed by atoms with Crippen LogP contribution in [0.5, 0.6) is 0 Å². The summed E-state index contributed by atoms with van der Waals surface area (Å²) >= 11 is 5.98. The third-order valence-corrected chi connectivity index (χ3v) is 5.30. The molecule has 2 amide bonds. The van der Waals surface area contributed by atoms with Crippen LogP contribution in [0.1, 0.15) is 13.8 Å². The Morgan fingerprint density at radius 2 is 1.64 bits per heavy atom. The van der Waals surface area contributed by atoms with E-state index in [1.54, 1.807) is 41.3 Å². The van der Waals surface area contributed by atoms with E-state index >= 15 is 0 Å². The largest absolute Gasteiger partial charge is 0.325 e. The molecule has 0 heterocycles. The molecule has 0 aliphatic heterocycles. The number of hydrogen-bond acceptors (Lipinski definition) is 3. The van der Waals surface area contributed by atoms with Gasteiger partial charge in [-0.1, -0.05) is 23.7 Å². The summed E-state index contributed by atoms with van der Waals surface area (Å²) in [4.78, 5) is 13.7. The first-order chi connectivity index (χ1) is 11.9. The fourth-order valence-corrected chi connectivity index (χ4v) is 3.50. The lowest BCUT2D eigenvalue weighted by Gasteiger charge is -2.19. The first kappa shape index (κ1) is 19.1. The standard InChI is InChI=1S/C17H20ClN3O3S/c1-3-21(4-2)17(22)19-13-9-11-14(12-10-13)25(23,24)20-16-8-6-5-7-15(16)18/h5-12,20H,3-4H2,1-2H3,(H,19,22). The molecule has 0 saturated heterocycles. The van der Waals surface area contributed by atoms with Crippen LogP contribution < -0.4 is 10.0 Å². The van der Waals surface area contributed by atoms with Crippen molar-refractivity contribution in [1.29, 1.82) is 0 Å². The molecule has 2 N–H and O–H groups in total. The molecular weight excluding hydrogens is 362 g/mol. The highest BCUT2D eigenvalue weighted by Gasteiger charge is 2.16. The maximum Gasteiger partial charge on any atom is 0.321 e. The van der Waals surface area contributed by atoms with Crippen LogP contribution in [0.3, 0.4) is 0 Å². The molecule has 8 heteroatoms. The molecule has 2 rings (SSSR count). The van der Waals surface area contributed by atoms with Crippen LogP contribution in [0.2, 0.25) is 5.02 Å². The number of para-hydroxylation sites is 1. The molecule has 134 valence electrons. The van der Waals surface area contributed by atoms with Gasteiger partial charge in [0, 0.05) is 18.8 Å². The lowest BCUT2D eigenvalue weighted by Crippen LogP contribution is -2.34. The molecule has 2 aromatic rings. The fraction of sp³-hybridized carbons (Fsp3) is 0.235. The van der Waals surface area contributed by atoms with Crippen molar-refractivity contribution in [3.63, 3.8) is 0 Å². The molecule has 25 heavy (non-hydrogen) atoms. The van der Waals surface area contributed by atoms with Crippen molar-refractivity contribution in [2.75, 3.05) is 23.1 Å². The van der Waals surface area contributed by atoms with Gasteiger partial charge in [-0.15, -0.1) is 0 Å². The number of nitrogens with one attached hydrogen (secondary N) is 2. The average molecular weight is 382 g/mol. The maximum absolute atomic E-state index is 12.4. The second-order valence-corrected chi connectivity index (χ2v) is 7.30. The summed E-state index contributed by atoms with van der Waals surface area (Å²) < 4.78 is 27.3. The minimum absolute atomic E-state index is 0.0771. The number of sulfonamides is 1. The van der Waals surface area contributed by atoms with Crippen molar-refractivity contribution in [2.45, 2.75) is 18.7 Å². The van der Waals surface area contributed by atoms with Gasteiger partial charge in [-0.05, 0) is 50.2 Å². The Morgan fingerprint density at radius 3 is 2.20 bits per heavy atom. The Hall–Kier alpha value is -2.25. The van der Waals surface area contributed by atoms with Gasteiger partial charge >= 0.3 is 6.03 Å². The monoisotopic (exact) mass is 381 g/mol. The number of urea groups is 1. The topological polar surface area (TPSA) is 78.5 Å². The molecule has 0 saturated carbocycles. The van der Waals surface area contributed by atoms with Gasteiger partial charge in [-0.25, -0.2) is 13.2 Å². The summed E-state index contributed by atoms with van der Waals surface area (Å²) in [7, 11) is -3.76. The van der Waals surface area contributed by atoms with E-state index in [9.17, 15) is 13.2 Å². The average Bonchev–Trinajstić information content (AvgIpc) is 2.58. The highest BCUT2D eigenvalue weighted by molar-refractivity contribution is 7.92. The number of anilines is 2. The lowest BCUT2D eigenvalue weighted by atomic mass is 10.3. The summed E-state index contributed by atoms with van der Waals surface area (Å²) in [6, 6.07) is 12.3. The highest BCUT2D eigenvalue weighted by Crippen LogP contribution is 2.24. The third-order valence-electron chi connectivity index (χ3n) is 3.58. The van der Waals surface area contributed by atoms with Crippen molar-refractivity contribution in [3.8, 4) is 0 Å². The number of amides is 2. The zero-order chi connectivity index (χ0) is 18.4. The SMILES string of the molecule is CCN(CC)C(=O)Nc1ccc(S(=O)(=O)Nc2ccccc2Cl)cc1. The normalized spacial score (nSPS) is 11.0. The number of nitrogens with zero attached hydrogens (tertiary/aromatic N) is 1. The van der Waals surface area contributed by atoms with Crippen molar-refractivity contribution in [1.82, 2.24) is 4.90 Å². The first-order valence-corrected chi connectivity index (χ1v) is 9.66. The summed E-state index contributed by atoms with van der Waals surface area (Å²) in [5, 5.41) is 3.05. The van der Waals surface area contributed by atoms with Crippen molar-refractivity contribution in [3.05, 3.63) is 53.6 Å². The maximum atomic E-state index is 12.4. The zero-order valence-electron chi connectivity index (χ0n) is 14.0. The summed E-state index contributed by atoms with van der Waals surface area (Å²) in [5.41, 5.74) is 0.830. The van der Waals surface area contributed by atoms with Crippen LogP contribution in [0.25, 0.3) is 0 Å². The molecule has 0 spiro atoms. The van der Waals surface area contributed by atoms with E-state index in [-0.39, 0.29) is 10.9 Å². The van der Waals surface area contributed by atoms with E-state index in [1.165, 1.54) is 12.1 Å². The third kappa shape index (κ3) is 4.87. The molecular formula is C17H20ClN3O3S. The van der Waals surface area contributed by atoms with Gasteiger partial charge < -0.3 is 10.2 Å². The Balaban J connectivity index is 2.13. The van der Waals surface area contributed by atoms with E-state index < -0.39 is 10.0 Å². The Labute approximate surface area is 152 Å². The van der Waals surface area contributed by atoms with Gasteiger partial charge in [0.05, 0.1) is 15.6 Å². The van der Waals surface area contributed by atoms with E-state index in [2.05, 4.69) is 10.0 Å². The summed E-state index contributed by atoms with van der Waals surface area (Å²) in [5.74, 6) is 0. The first-order valence-electron chi connectivity index (χ1n) is 7.80. The van der Waals surface area contributed by atoms with E-state index in [0.717, 1.165) is 0 Å². The second-order valence-electron chi connectivity index (χ2n) is 5.21. The molecule has 2 aromatic carbocycles. The lowest BCUT2D eigenvalue weighted by molar-refractivity contribution is 0.217. The van der Waals surface area contributed by atoms with Crippen LogP contribution >= 0.6 is 11.6 Å². The molecule has 0 aromatic heterocycles. The molecule has 0 aliphatic carbocycles.